The number of aromatic nitrogens is 2. The van der Waals surface area contributed by atoms with E-state index in [1.807, 2.05) is 42.5 Å². The van der Waals surface area contributed by atoms with Crippen molar-refractivity contribution < 1.29 is 14.7 Å². The summed E-state index contributed by atoms with van der Waals surface area (Å²) in [5, 5.41) is 19.7. The molecular weight excluding hydrogens is 430 g/mol. The van der Waals surface area contributed by atoms with Gasteiger partial charge in [0.25, 0.3) is 0 Å². The average molecular weight is 462 g/mol. The lowest BCUT2D eigenvalue weighted by Crippen LogP contribution is -2.24. The Hall–Kier alpha value is -3.68. The Balaban J connectivity index is 1.59. The molecule has 0 unspecified atom stereocenters. The standard InChI is InChI=1S/C26H31N5O3/c27-25(28)18-10-8-17(9-11-18)15-23-30-21-16-20(29-26(34)19-5-2-1-3-6-19)12-13-22(21)31(23)14-4-7-24(32)33/h8-13,16,19H,1-7,14-15H2,(H3,27,28)(H,29,34)(H,32,33). The van der Waals surface area contributed by atoms with Crippen LogP contribution in [0.1, 0.15) is 61.9 Å². The number of fused-ring (bicyclic) bond motifs is 1. The van der Waals surface area contributed by atoms with Crippen molar-refractivity contribution in [3.63, 3.8) is 0 Å². The van der Waals surface area contributed by atoms with Crippen LogP contribution in [0.5, 0.6) is 0 Å². The van der Waals surface area contributed by atoms with Crippen molar-refractivity contribution in [2.45, 2.75) is 57.9 Å². The second-order valence-corrected chi connectivity index (χ2v) is 8.99. The topological polar surface area (TPSA) is 134 Å². The molecule has 0 bridgehead atoms. The van der Waals surface area contributed by atoms with Gasteiger partial charge in [-0.1, -0.05) is 43.5 Å². The zero-order chi connectivity index (χ0) is 24.1. The van der Waals surface area contributed by atoms with E-state index in [0.717, 1.165) is 53.8 Å². The van der Waals surface area contributed by atoms with E-state index in [1.165, 1.54) is 6.42 Å². The Bertz CT molecular complexity index is 1190. The minimum atomic E-state index is -0.821. The van der Waals surface area contributed by atoms with E-state index in [4.69, 9.17) is 21.2 Å². The second kappa shape index (κ2) is 10.5. The summed E-state index contributed by atoms with van der Waals surface area (Å²) in [6.45, 7) is 0.539. The van der Waals surface area contributed by atoms with Gasteiger partial charge in [-0.25, -0.2) is 4.98 Å². The number of aliphatic carboxylic acids is 1. The van der Waals surface area contributed by atoms with Crippen LogP contribution in [0.25, 0.3) is 11.0 Å². The molecule has 1 heterocycles. The number of benzene rings is 2. The number of amidine groups is 1. The zero-order valence-electron chi connectivity index (χ0n) is 19.2. The van der Waals surface area contributed by atoms with Crippen LogP contribution in [-0.2, 0) is 22.6 Å². The minimum Gasteiger partial charge on any atom is -0.481 e. The van der Waals surface area contributed by atoms with Gasteiger partial charge in [0.05, 0.1) is 11.0 Å². The van der Waals surface area contributed by atoms with Crippen molar-refractivity contribution in [3.8, 4) is 0 Å². The highest BCUT2D eigenvalue weighted by Crippen LogP contribution is 2.27. The summed E-state index contributed by atoms with van der Waals surface area (Å²) in [4.78, 5) is 28.6. The lowest BCUT2D eigenvalue weighted by molar-refractivity contribution is -0.137. The number of carbonyl (C=O) groups excluding carboxylic acids is 1. The zero-order valence-corrected chi connectivity index (χ0v) is 19.2. The van der Waals surface area contributed by atoms with Gasteiger partial charge in [0.15, 0.2) is 0 Å². The molecule has 1 amide bonds. The Morgan fingerprint density at radius 1 is 1.12 bits per heavy atom. The van der Waals surface area contributed by atoms with Gasteiger partial charge in [-0.3, -0.25) is 15.0 Å². The molecule has 8 heteroatoms. The van der Waals surface area contributed by atoms with E-state index in [1.54, 1.807) is 0 Å². The van der Waals surface area contributed by atoms with E-state index < -0.39 is 5.97 Å². The highest BCUT2D eigenvalue weighted by molar-refractivity contribution is 5.95. The fourth-order valence-corrected chi connectivity index (χ4v) is 4.62. The van der Waals surface area contributed by atoms with Crippen LogP contribution in [-0.4, -0.2) is 32.4 Å². The summed E-state index contributed by atoms with van der Waals surface area (Å²) >= 11 is 0. The Morgan fingerprint density at radius 2 is 1.85 bits per heavy atom. The molecule has 0 saturated heterocycles. The van der Waals surface area contributed by atoms with Gasteiger partial charge >= 0.3 is 5.97 Å². The average Bonchev–Trinajstić information content (AvgIpc) is 3.16. The van der Waals surface area contributed by atoms with Crippen LogP contribution in [0, 0.1) is 11.3 Å². The second-order valence-electron chi connectivity index (χ2n) is 8.99. The largest absolute Gasteiger partial charge is 0.481 e. The van der Waals surface area contributed by atoms with E-state index in [2.05, 4.69) is 9.88 Å². The first-order valence-corrected chi connectivity index (χ1v) is 11.9. The number of nitrogen functional groups attached to an aromatic ring is 1. The van der Waals surface area contributed by atoms with Crippen LogP contribution in [0.15, 0.2) is 42.5 Å². The van der Waals surface area contributed by atoms with Gasteiger partial charge in [0.1, 0.15) is 11.7 Å². The van der Waals surface area contributed by atoms with Crippen LogP contribution in [0.2, 0.25) is 0 Å². The molecule has 1 aliphatic carbocycles. The predicted octanol–water partition coefficient (Wildman–Crippen LogP) is 4.29. The van der Waals surface area contributed by atoms with E-state index in [-0.39, 0.29) is 24.1 Å². The highest BCUT2D eigenvalue weighted by atomic mass is 16.4. The van der Waals surface area contributed by atoms with Gasteiger partial charge in [-0.15, -0.1) is 0 Å². The number of anilines is 1. The third-order valence-corrected chi connectivity index (χ3v) is 6.47. The number of nitrogens with two attached hydrogens (primary N) is 1. The third kappa shape index (κ3) is 5.62. The SMILES string of the molecule is N=C(N)c1ccc(Cc2nc3cc(NC(=O)C4CCCCC4)ccc3n2CCCC(=O)O)cc1. The molecule has 1 aromatic heterocycles. The Kier molecular flexibility index (Phi) is 7.25. The number of carbonyl (C=O) groups is 2. The van der Waals surface area contributed by atoms with Gasteiger partial charge in [-0.05, 0) is 43.0 Å². The Morgan fingerprint density at radius 3 is 2.53 bits per heavy atom. The number of nitrogens with one attached hydrogen (secondary N) is 2. The number of imidazole rings is 1. The fourth-order valence-electron chi connectivity index (χ4n) is 4.62. The number of aryl methyl sites for hydroxylation is 1. The van der Waals surface area contributed by atoms with Crippen molar-refractivity contribution in [1.29, 1.82) is 5.41 Å². The first kappa shape index (κ1) is 23.5. The van der Waals surface area contributed by atoms with E-state index in [0.29, 0.717) is 24.9 Å². The summed E-state index contributed by atoms with van der Waals surface area (Å²) in [5.41, 5.74) is 9.65. The predicted molar refractivity (Wildman–Crippen MR) is 132 cm³/mol. The lowest BCUT2D eigenvalue weighted by Gasteiger charge is -2.20. The maximum atomic E-state index is 12.7. The van der Waals surface area contributed by atoms with Crippen molar-refractivity contribution in [3.05, 3.63) is 59.4 Å². The molecule has 1 saturated carbocycles. The normalized spacial score (nSPS) is 14.2. The smallest absolute Gasteiger partial charge is 0.303 e. The van der Waals surface area contributed by atoms with Crippen LogP contribution < -0.4 is 11.1 Å². The van der Waals surface area contributed by atoms with Crippen LogP contribution in [0.3, 0.4) is 0 Å². The number of hydrogen-bond donors (Lipinski definition) is 4. The minimum absolute atomic E-state index is 0.0234. The first-order valence-electron chi connectivity index (χ1n) is 11.9. The number of amides is 1. The molecule has 2 aromatic carbocycles. The molecule has 1 aliphatic rings. The Labute approximate surface area is 198 Å². The van der Waals surface area contributed by atoms with Crippen molar-refractivity contribution >= 4 is 34.4 Å². The molecule has 0 spiro atoms. The third-order valence-electron chi connectivity index (χ3n) is 6.47. The summed E-state index contributed by atoms with van der Waals surface area (Å²) in [5.74, 6) is 0.178. The number of carboxylic acid groups (broad SMARTS) is 1. The van der Waals surface area contributed by atoms with Crippen molar-refractivity contribution in [2.75, 3.05) is 5.32 Å². The van der Waals surface area contributed by atoms with E-state index >= 15 is 0 Å². The van der Waals surface area contributed by atoms with Gasteiger partial charge in [-0.2, -0.15) is 0 Å². The molecule has 0 aliphatic heterocycles. The molecule has 34 heavy (non-hydrogen) atoms. The van der Waals surface area contributed by atoms with Gasteiger partial charge in [0.2, 0.25) is 5.91 Å². The summed E-state index contributed by atoms with van der Waals surface area (Å²) in [7, 11) is 0. The molecule has 3 aromatic rings. The highest BCUT2D eigenvalue weighted by Gasteiger charge is 2.21. The molecule has 4 rings (SSSR count). The van der Waals surface area contributed by atoms with Crippen LogP contribution in [0.4, 0.5) is 5.69 Å². The van der Waals surface area contributed by atoms with Crippen molar-refractivity contribution in [1.82, 2.24) is 9.55 Å². The van der Waals surface area contributed by atoms with Gasteiger partial charge in [0, 0.05) is 36.6 Å². The lowest BCUT2D eigenvalue weighted by atomic mass is 9.88. The molecule has 1 fully saturated rings. The summed E-state index contributed by atoms with van der Waals surface area (Å²) < 4.78 is 2.06. The number of carboxylic acids is 1. The van der Waals surface area contributed by atoms with E-state index in [9.17, 15) is 9.59 Å². The van der Waals surface area contributed by atoms with Crippen molar-refractivity contribution in [2.24, 2.45) is 11.7 Å². The molecule has 5 N–H and O–H groups in total. The molecule has 0 radical (unpaired) electrons. The summed E-state index contributed by atoms with van der Waals surface area (Å²) in [6, 6.07) is 13.2. The molecular formula is C26H31N5O3. The number of rotatable bonds is 9. The quantitative estimate of drug-likeness (QED) is 0.278. The molecule has 178 valence electrons. The maximum absolute atomic E-state index is 12.7. The molecule has 8 nitrogen and oxygen atoms in total. The fraction of sp³-hybridized carbons (Fsp3) is 0.385. The number of hydrogen-bond acceptors (Lipinski definition) is 4. The van der Waals surface area contributed by atoms with Gasteiger partial charge < -0.3 is 20.7 Å². The first-order chi connectivity index (χ1) is 16.4. The monoisotopic (exact) mass is 461 g/mol. The summed E-state index contributed by atoms with van der Waals surface area (Å²) in [6.07, 6.45) is 6.44. The van der Waals surface area contributed by atoms with Crippen LogP contribution >= 0.6 is 0 Å². The molecule has 0 atom stereocenters. The maximum Gasteiger partial charge on any atom is 0.303 e. The number of nitrogens with zero attached hydrogens (tertiary/aromatic N) is 2.